The number of nitrogens with one attached hydrogen (secondary N) is 1. The minimum Gasteiger partial charge on any atom is -0.445 e. The quantitative estimate of drug-likeness (QED) is 0.868. The molecule has 1 heterocycles. The molecule has 4 heteroatoms. The number of hydrogen-bond acceptors (Lipinski definition) is 3. The predicted molar refractivity (Wildman–Crippen MR) is 99.6 cm³/mol. The Morgan fingerprint density at radius 1 is 0.960 bits per heavy atom. The van der Waals surface area contributed by atoms with Crippen molar-refractivity contribution in [3.8, 4) is 0 Å². The summed E-state index contributed by atoms with van der Waals surface area (Å²) in [5.41, 5.74) is 0.807. The van der Waals surface area contributed by atoms with E-state index in [4.69, 9.17) is 4.74 Å². The average molecular weight is 342 g/mol. The summed E-state index contributed by atoms with van der Waals surface area (Å²) in [6.45, 7) is 2.46. The average Bonchev–Trinajstić information content (AvgIpc) is 2.63. The molecule has 1 amide bonds. The molecule has 2 saturated carbocycles. The topological polar surface area (TPSA) is 41.6 Å². The fourth-order valence-electron chi connectivity index (χ4n) is 5.29. The molecule has 1 aromatic rings. The van der Waals surface area contributed by atoms with Crippen LogP contribution in [-0.2, 0) is 4.74 Å². The largest absolute Gasteiger partial charge is 0.445 e. The highest BCUT2D eigenvalue weighted by Gasteiger charge is 2.46. The van der Waals surface area contributed by atoms with Crippen LogP contribution in [0.5, 0.6) is 0 Å². The lowest BCUT2D eigenvalue weighted by atomic mass is 9.67. The lowest BCUT2D eigenvalue weighted by molar-refractivity contribution is -0.0688. The van der Waals surface area contributed by atoms with Gasteiger partial charge in [-0.15, -0.1) is 0 Å². The number of ether oxygens (including phenoxy) is 1. The van der Waals surface area contributed by atoms with Crippen LogP contribution in [0, 0.1) is 11.8 Å². The molecule has 1 saturated heterocycles. The van der Waals surface area contributed by atoms with Crippen LogP contribution >= 0.6 is 0 Å². The molecule has 1 N–H and O–H groups in total. The first-order chi connectivity index (χ1) is 12.3. The molecule has 3 aliphatic rings. The van der Waals surface area contributed by atoms with Gasteiger partial charge in [-0.3, -0.25) is 10.2 Å². The molecule has 0 unspecified atom stereocenters. The number of carbonyl (C=O) groups excluding carboxylic acids is 1. The van der Waals surface area contributed by atoms with E-state index in [9.17, 15) is 4.79 Å². The van der Waals surface area contributed by atoms with E-state index in [2.05, 4.69) is 10.2 Å². The molecule has 0 spiro atoms. The van der Waals surface area contributed by atoms with Gasteiger partial charge >= 0.3 is 6.09 Å². The molecule has 0 radical (unpaired) electrons. The molecule has 1 aliphatic heterocycles. The molecular formula is C21H30N2O2. The minimum absolute atomic E-state index is 0.0955. The van der Waals surface area contributed by atoms with Crippen LogP contribution < -0.4 is 5.32 Å². The van der Waals surface area contributed by atoms with Gasteiger partial charge in [0.1, 0.15) is 6.10 Å². The van der Waals surface area contributed by atoms with Gasteiger partial charge in [-0.05, 0) is 69.7 Å². The van der Waals surface area contributed by atoms with E-state index in [1.807, 2.05) is 30.3 Å². The first-order valence-electron chi connectivity index (χ1n) is 10.1. The smallest absolute Gasteiger partial charge is 0.411 e. The number of likely N-dealkylation sites (tertiary alicyclic amines) is 1. The Balaban J connectivity index is 1.42. The maximum absolute atomic E-state index is 12.4. The number of carbonyl (C=O) groups is 1. The van der Waals surface area contributed by atoms with E-state index in [0.29, 0.717) is 17.9 Å². The Bertz CT molecular complexity index is 571. The SMILES string of the molecule is O=C(Nc1ccccc1)O[C@H]1[C@@H]2CCC[C@H]1[C@H](N1CCCCC1)CC2. The van der Waals surface area contributed by atoms with Crippen LogP contribution in [-0.4, -0.2) is 36.2 Å². The summed E-state index contributed by atoms with van der Waals surface area (Å²) in [6, 6.07) is 10.2. The number of amides is 1. The van der Waals surface area contributed by atoms with Crippen molar-refractivity contribution in [1.29, 1.82) is 0 Å². The van der Waals surface area contributed by atoms with Gasteiger partial charge in [0.15, 0.2) is 0 Å². The fourth-order valence-corrected chi connectivity index (χ4v) is 5.29. The highest BCUT2D eigenvalue weighted by atomic mass is 16.6. The molecule has 2 aliphatic carbocycles. The van der Waals surface area contributed by atoms with Crippen LogP contribution in [0.3, 0.4) is 0 Å². The molecule has 25 heavy (non-hydrogen) atoms. The maximum atomic E-state index is 12.4. The summed E-state index contributed by atoms with van der Waals surface area (Å²) >= 11 is 0. The van der Waals surface area contributed by atoms with E-state index < -0.39 is 0 Å². The lowest BCUT2D eigenvalue weighted by Crippen LogP contribution is -2.54. The normalized spacial score (nSPS) is 32.8. The van der Waals surface area contributed by atoms with Crippen molar-refractivity contribution in [2.45, 2.75) is 63.5 Å². The number of nitrogens with zero attached hydrogens (tertiary/aromatic N) is 1. The van der Waals surface area contributed by atoms with Crippen molar-refractivity contribution in [3.63, 3.8) is 0 Å². The number of para-hydroxylation sites is 1. The van der Waals surface area contributed by atoms with Crippen molar-refractivity contribution in [3.05, 3.63) is 30.3 Å². The fraction of sp³-hybridized carbons (Fsp3) is 0.667. The third-order valence-corrected chi connectivity index (χ3v) is 6.45. The van der Waals surface area contributed by atoms with E-state index in [1.165, 1.54) is 64.5 Å². The van der Waals surface area contributed by atoms with Crippen LogP contribution in [0.4, 0.5) is 10.5 Å². The van der Waals surface area contributed by atoms with E-state index in [1.54, 1.807) is 0 Å². The summed E-state index contributed by atoms with van der Waals surface area (Å²) in [6.07, 6.45) is 10.0. The molecule has 4 nitrogen and oxygen atoms in total. The zero-order chi connectivity index (χ0) is 17.1. The van der Waals surface area contributed by atoms with Gasteiger partial charge in [-0.2, -0.15) is 0 Å². The third-order valence-electron chi connectivity index (χ3n) is 6.45. The zero-order valence-corrected chi connectivity index (χ0v) is 15.0. The third kappa shape index (κ3) is 3.84. The first-order valence-corrected chi connectivity index (χ1v) is 10.1. The maximum Gasteiger partial charge on any atom is 0.411 e. The Morgan fingerprint density at radius 2 is 1.76 bits per heavy atom. The van der Waals surface area contributed by atoms with Gasteiger partial charge < -0.3 is 4.74 Å². The first kappa shape index (κ1) is 16.9. The molecule has 3 fully saturated rings. The van der Waals surface area contributed by atoms with E-state index in [0.717, 1.165) is 5.69 Å². The molecule has 136 valence electrons. The molecule has 1 aromatic carbocycles. The van der Waals surface area contributed by atoms with Crippen LogP contribution in [0.2, 0.25) is 0 Å². The Morgan fingerprint density at radius 3 is 2.56 bits per heavy atom. The minimum atomic E-state index is -0.285. The zero-order valence-electron chi connectivity index (χ0n) is 15.0. The van der Waals surface area contributed by atoms with Crippen molar-refractivity contribution < 1.29 is 9.53 Å². The van der Waals surface area contributed by atoms with Crippen molar-refractivity contribution in [1.82, 2.24) is 4.90 Å². The monoisotopic (exact) mass is 342 g/mol. The molecular weight excluding hydrogens is 312 g/mol. The standard InChI is InChI=1S/C21H30N2O2/c24-21(22-17-9-3-1-4-10-17)25-20-16-8-7-11-18(20)19(13-12-16)23-14-5-2-6-15-23/h1,3-4,9-10,16,18-20H,2,5-8,11-15H2,(H,22,24)/t16-,18+,19-,20+/m1/s1. The van der Waals surface area contributed by atoms with E-state index in [-0.39, 0.29) is 12.2 Å². The predicted octanol–water partition coefficient (Wildman–Crippen LogP) is 4.67. The Kier molecular flexibility index (Phi) is 5.25. The number of hydrogen-bond donors (Lipinski definition) is 1. The second-order valence-corrected chi connectivity index (χ2v) is 7.96. The number of anilines is 1. The number of piperidine rings is 1. The van der Waals surface area contributed by atoms with Gasteiger partial charge in [0.2, 0.25) is 0 Å². The summed E-state index contributed by atoms with van der Waals surface area (Å²) in [5, 5.41) is 2.90. The highest BCUT2D eigenvalue weighted by molar-refractivity contribution is 5.84. The second kappa shape index (κ2) is 7.77. The van der Waals surface area contributed by atoms with Crippen molar-refractivity contribution in [2.75, 3.05) is 18.4 Å². The summed E-state index contributed by atoms with van der Waals surface area (Å²) < 4.78 is 6.01. The van der Waals surface area contributed by atoms with Gasteiger partial charge in [0, 0.05) is 17.6 Å². The Hall–Kier alpha value is -1.55. The summed E-state index contributed by atoms with van der Waals surface area (Å²) in [5.74, 6) is 1.08. The van der Waals surface area contributed by atoms with Gasteiger partial charge in [0.25, 0.3) is 0 Å². The van der Waals surface area contributed by atoms with Crippen molar-refractivity contribution >= 4 is 11.8 Å². The molecule has 4 atom stereocenters. The van der Waals surface area contributed by atoms with Crippen molar-refractivity contribution in [2.24, 2.45) is 11.8 Å². The number of rotatable bonds is 3. The lowest BCUT2D eigenvalue weighted by Gasteiger charge is -2.50. The number of benzene rings is 1. The van der Waals surface area contributed by atoms with Gasteiger partial charge in [-0.25, -0.2) is 4.79 Å². The van der Waals surface area contributed by atoms with Crippen LogP contribution in [0.15, 0.2) is 30.3 Å². The van der Waals surface area contributed by atoms with Gasteiger partial charge in [-0.1, -0.05) is 31.0 Å². The Labute approximate surface area is 150 Å². The molecule has 4 rings (SSSR count). The van der Waals surface area contributed by atoms with E-state index >= 15 is 0 Å². The van der Waals surface area contributed by atoms with Crippen LogP contribution in [0.1, 0.15) is 51.4 Å². The van der Waals surface area contributed by atoms with Gasteiger partial charge in [0.05, 0.1) is 0 Å². The van der Waals surface area contributed by atoms with Crippen LogP contribution in [0.25, 0.3) is 0 Å². The molecule has 2 bridgehead atoms. The number of fused-ring (bicyclic) bond motifs is 2. The molecule has 0 aromatic heterocycles. The highest BCUT2D eigenvalue weighted by Crippen LogP contribution is 2.44. The second-order valence-electron chi connectivity index (χ2n) is 7.96. The summed E-state index contributed by atoms with van der Waals surface area (Å²) in [4.78, 5) is 15.1. The summed E-state index contributed by atoms with van der Waals surface area (Å²) in [7, 11) is 0.